The summed E-state index contributed by atoms with van der Waals surface area (Å²) < 4.78 is 11.9. The Balaban J connectivity index is 1.52. The number of aryl methyl sites for hydroxylation is 1. The fourth-order valence-electron chi connectivity index (χ4n) is 3.54. The van der Waals surface area contributed by atoms with Crippen LogP contribution in [0, 0.1) is 6.92 Å². The van der Waals surface area contributed by atoms with Gasteiger partial charge in [0, 0.05) is 17.6 Å². The first-order valence-electron chi connectivity index (χ1n) is 10.5. The molecule has 1 N–H and O–H groups in total. The van der Waals surface area contributed by atoms with Gasteiger partial charge in [0.15, 0.2) is 11.5 Å². The first-order valence-corrected chi connectivity index (χ1v) is 10.9. The highest BCUT2D eigenvalue weighted by Crippen LogP contribution is 2.37. The average molecular weight is 432 g/mol. The summed E-state index contributed by atoms with van der Waals surface area (Å²) in [6.07, 6.45) is 0. The van der Waals surface area contributed by atoms with Crippen LogP contribution in [-0.4, -0.2) is 6.61 Å². The molecule has 0 aromatic heterocycles. The third-order valence-corrected chi connectivity index (χ3v) is 5.43. The Hall–Kier alpha value is -3.17. The number of ether oxygens (including phenoxy) is 2. The van der Waals surface area contributed by atoms with Crippen LogP contribution in [0.3, 0.4) is 0 Å². The van der Waals surface area contributed by atoms with Crippen molar-refractivity contribution in [3.8, 4) is 11.5 Å². The molecule has 4 heteroatoms. The Labute approximate surface area is 188 Å². The van der Waals surface area contributed by atoms with Gasteiger partial charge in [0.1, 0.15) is 6.61 Å². The van der Waals surface area contributed by atoms with Crippen molar-refractivity contribution in [1.82, 2.24) is 0 Å². The van der Waals surface area contributed by atoms with E-state index in [1.54, 1.807) is 0 Å². The third-order valence-electron chi connectivity index (χ3n) is 5.15. The number of halogens is 1. The number of hydrogen-bond acceptors (Lipinski definition) is 3. The molecule has 0 fully saturated rings. The zero-order chi connectivity index (χ0) is 21.6. The lowest BCUT2D eigenvalue weighted by Crippen LogP contribution is -2.04. The summed E-state index contributed by atoms with van der Waals surface area (Å²) in [5.74, 6) is 1.25. The largest absolute Gasteiger partial charge is 0.490 e. The zero-order valence-electron chi connectivity index (χ0n) is 17.8. The predicted molar refractivity (Wildman–Crippen MR) is 129 cm³/mol. The van der Waals surface area contributed by atoms with E-state index in [0.29, 0.717) is 36.3 Å². The maximum atomic E-state index is 6.61. The summed E-state index contributed by atoms with van der Waals surface area (Å²) in [5.41, 5.74) is 4.43. The smallest absolute Gasteiger partial charge is 0.180 e. The van der Waals surface area contributed by atoms with Crippen LogP contribution in [-0.2, 0) is 13.2 Å². The summed E-state index contributed by atoms with van der Waals surface area (Å²) >= 11 is 6.61. The van der Waals surface area contributed by atoms with E-state index < -0.39 is 0 Å². The minimum atomic E-state index is 0.438. The van der Waals surface area contributed by atoms with Gasteiger partial charge in [-0.25, -0.2) is 0 Å². The number of rotatable bonds is 8. The highest BCUT2D eigenvalue weighted by Gasteiger charge is 2.13. The van der Waals surface area contributed by atoms with Crippen LogP contribution in [0.25, 0.3) is 10.8 Å². The minimum Gasteiger partial charge on any atom is -0.490 e. The van der Waals surface area contributed by atoms with Crippen LogP contribution >= 0.6 is 11.6 Å². The molecule has 0 aliphatic carbocycles. The van der Waals surface area contributed by atoms with Gasteiger partial charge < -0.3 is 14.8 Å². The molecule has 0 unspecified atom stereocenters. The zero-order valence-corrected chi connectivity index (χ0v) is 18.6. The molecular formula is C27H26ClNO2. The van der Waals surface area contributed by atoms with E-state index in [1.165, 1.54) is 16.3 Å². The second-order valence-electron chi connectivity index (χ2n) is 7.49. The predicted octanol–water partition coefficient (Wildman–Crippen LogP) is 7.39. The van der Waals surface area contributed by atoms with Gasteiger partial charge in [0.05, 0.1) is 11.6 Å². The average Bonchev–Trinajstić information content (AvgIpc) is 2.78. The quantitative estimate of drug-likeness (QED) is 0.315. The summed E-state index contributed by atoms with van der Waals surface area (Å²) in [7, 11) is 0. The Morgan fingerprint density at radius 2 is 1.61 bits per heavy atom. The van der Waals surface area contributed by atoms with E-state index in [0.717, 1.165) is 16.8 Å². The van der Waals surface area contributed by atoms with Crippen molar-refractivity contribution < 1.29 is 9.47 Å². The maximum Gasteiger partial charge on any atom is 0.180 e. The van der Waals surface area contributed by atoms with E-state index in [-0.39, 0.29) is 0 Å². The van der Waals surface area contributed by atoms with Crippen LogP contribution < -0.4 is 14.8 Å². The highest BCUT2D eigenvalue weighted by molar-refractivity contribution is 6.32. The summed E-state index contributed by atoms with van der Waals surface area (Å²) in [4.78, 5) is 0. The molecule has 4 aromatic rings. The van der Waals surface area contributed by atoms with Crippen molar-refractivity contribution in [2.24, 2.45) is 0 Å². The van der Waals surface area contributed by atoms with E-state index in [1.807, 2.05) is 19.1 Å². The summed E-state index contributed by atoms with van der Waals surface area (Å²) in [5, 5.41) is 6.48. The van der Waals surface area contributed by atoms with Crippen LogP contribution in [0.5, 0.6) is 11.5 Å². The second-order valence-corrected chi connectivity index (χ2v) is 7.90. The lowest BCUT2D eigenvalue weighted by Gasteiger charge is -2.16. The van der Waals surface area contributed by atoms with E-state index in [9.17, 15) is 0 Å². The van der Waals surface area contributed by atoms with Crippen LogP contribution in [0.1, 0.15) is 23.6 Å². The molecule has 0 spiro atoms. The molecule has 3 nitrogen and oxygen atoms in total. The van der Waals surface area contributed by atoms with Crippen molar-refractivity contribution in [3.05, 3.63) is 101 Å². The first kappa shape index (κ1) is 21.1. The Kier molecular flexibility index (Phi) is 6.63. The first-order chi connectivity index (χ1) is 15.1. The van der Waals surface area contributed by atoms with Gasteiger partial charge >= 0.3 is 0 Å². The fraction of sp³-hybridized carbons (Fsp3) is 0.185. The summed E-state index contributed by atoms with van der Waals surface area (Å²) in [6.45, 7) is 5.63. The van der Waals surface area contributed by atoms with Crippen molar-refractivity contribution in [2.75, 3.05) is 11.9 Å². The van der Waals surface area contributed by atoms with E-state index >= 15 is 0 Å². The second kappa shape index (κ2) is 9.76. The fourth-order valence-corrected chi connectivity index (χ4v) is 3.83. The molecular weight excluding hydrogens is 406 g/mol. The van der Waals surface area contributed by atoms with Crippen LogP contribution in [0.4, 0.5) is 5.69 Å². The SMILES string of the molecule is CCOc1cc(CNc2cccc3ccccc23)cc(Cl)c1OCc1ccc(C)cc1. The number of nitrogens with one attached hydrogen (secondary N) is 1. The molecule has 4 aromatic carbocycles. The van der Waals surface area contributed by atoms with Crippen molar-refractivity contribution >= 4 is 28.1 Å². The monoisotopic (exact) mass is 431 g/mol. The molecule has 4 rings (SSSR count). The summed E-state index contributed by atoms with van der Waals surface area (Å²) in [6, 6.07) is 26.8. The lowest BCUT2D eigenvalue weighted by atomic mass is 10.1. The van der Waals surface area contributed by atoms with E-state index in [2.05, 4.69) is 79.0 Å². The van der Waals surface area contributed by atoms with Gasteiger partial charge in [-0.15, -0.1) is 0 Å². The number of hydrogen-bond donors (Lipinski definition) is 1. The molecule has 0 aliphatic heterocycles. The standard InChI is InChI=1S/C27H26ClNO2/c1-3-30-26-16-21(17-29-25-10-6-8-22-7-4-5-9-23(22)25)15-24(28)27(26)31-18-20-13-11-19(2)12-14-20/h4-16,29H,3,17-18H2,1-2H3. The lowest BCUT2D eigenvalue weighted by molar-refractivity contribution is 0.269. The van der Waals surface area contributed by atoms with Gasteiger partial charge in [-0.3, -0.25) is 0 Å². The Morgan fingerprint density at radius 1 is 0.839 bits per heavy atom. The third kappa shape index (κ3) is 5.12. The Morgan fingerprint density at radius 3 is 2.42 bits per heavy atom. The van der Waals surface area contributed by atoms with Gasteiger partial charge in [0.25, 0.3) is 0 Å². The van der Waals surface area contributed by atoms with Gasteiger partial charge in [-0.1, -0.05) is 77.8 Å². The van der Waals surface area contributed by atoms with E-state index in [4.69, 9.17) is 21.1 Å². The topological polar surface area (TPSA) is 30.5 Å². The number of benzene rings is 4. The molecule has 0 saturated carbocycles. The van der Waals surface area contributed by atoms with Crippen LogP contribution in [0.15, 0.2) is 78.9 Å². The van der Waals surface area contributed by atoms with Gasteiger partial charge in [-0.2, -0.15) is 0 Å². The molecule has 0 saturated heterocycles. The molecule has 0 heterocycles. The van der Waals surface area contributed by atoms with Gasteiger partial charge in [0.2, 0.25) is 0 Å². The highest BCUT2D eigenvalue weighted by atomic mass is 35.5. The normalized spacial score (nSPS) is 10.8. The maximum absolute atomic E-state index is 6.61. The molecule has 158 valence electrons. The molecule has 0 amide bonds. The molecule has 0 aliphatic rings. The van der Waals surface area contributed by atoms with Gasteiger partial charge in [-0.05, 0) is 48.6 Å². The molecule has 0 radical (unpaired) electrons. The Bertz CT molecular complexity index is 1170. The number of anilines is 1. The number of fused-ring (bicyclic) bond motifs is 1. The van der Waals surface area contributed by atoms with Crippen molar-refractivity contribution in [3.63, 3.8) is 0 Å². The van der Waals surface area contributed by atoms with Crippen LogP contribution in [0.2, 0.25) is 5.02 Å². The molecule has 0 bridgehead atoms. The van der Waals surface area contributed by atoms with Crippen molar-refractivity contribution in [2.45, 2.75) is 27.0 Å². The minimum absolute atomic E-state index is 0.438. The van der Waals surface area contributed by atoms with Crippen molar-refractivity contribution in [1.29, 1.82) is 0 Å². The molecule has 0 atom stereocenters. The molecule has 31 heavy (non-hydrogen) atoms.